The van der Waals surface area contributed by atoms with E-state index >= 15 is 0 Å². The molecule has 18 heavy (non-hydrogen) atoms. The predicted octanol–water partition coefficient (Wildman–Crippen LogP) is 2.23. The zero-order valence-electron chi connectivity index (χ0n) is 11.6. The molecular formula is C16H24N2. The third-order valence-electron chi connectivity index (χ3n) is 4.83. The van der Waals surface area contributed by atoms with E-state index in [4.69, 9.17) is 0 Å². The van der Waals surface area contributed by atoms with Gasteiger partial charge >= 0.3 is 0 Å². The highest BCUT2D eigenvalue weighted by Crippen LogP contribution is 2.27. The Kier molecular flexibility index (Phi) is 3.16. The number of rotatable bonds is 2. The zero-order chi connectivity index (χ0) is 12.6. The Balaban J connectivity index is 1.71. The van der Waals surface area contributed by atoms with E-state index in [0.717, 1.165) is 12.6 Å². The molecule has 0 radical (unpaired) electrons. The molecule has 1 aromatic rings. The molecule has 1 fully saturated rings. The maximum absolute atomic E-state index is 3.68. The lowest BCUT2D eigenvalue weighted by Gasteiger charge is -2.43. The number of nitrogens with one attached hydrogen (secondary N) is 1. The van der Waals surface area contributed by atoms with Gasteiger partial charge in [0.2, 0.25) is 0 Å². The Labute approximate surface area is 110 Å². The van der Waals surface area contributed by atoms with Gasteiger partial charge in [-0.2, -0.15) is 0 Å². The number of hydrogen-bond acceptors (Lipinski definition) is 2. The molecular weight excluding hydrogens is 220 g/mol. The van der Waals surface area contributed by atoms with Gasteiger partial charge in [-0.15, -0.1) is 0 Å². The molecule has 0 bridgehead atoms. The summed E-state index contributed by atoms with van der Waals surface area (Å²) in [4.78, 5) is 2.71. The minimum absolute atomic E-state index is 0.313. The van der Waals surface area contributed by atoms with Crippen molar-refractivity contribution in [3.63, 3.8) is 0 Å². The van der Waals surface area contributed by atoms with Crippen LogP contribution in [0.1, 0.15) is 31.4 Å². The predicted molar refractivity (Wildman–Crippen MR) is 75.9 cm³/mol. The molecule has 98 valence electrons. The van der Waals surface area contributed by atoms with Gasteiger partial charge in [0.05, 0.1) is 0 Å². The van der Waals surface area contributed by atoms with Crippen LogP contribution >= 0.6 is 0 Å². The van der Waals surface area contributed by atoms with Crippen molar-refractivity contribution in [1.29, 1.82) is 0 Å². The molecule has 1 atom stereocenters. The highest BCUT2D eigenvalue weighted by atomic mass is 15.2. The standard InChI is InChI=1S/C16H24N2/c1-3-16(2)12-18(9-8-17-16)15-10-13-6-4-5-7-14(13)11-15/h4-7,15,17H,3,8-12H2,1-2H3. The van der Waals surface area contributed by atoms with Gasteiger partial charge in [0.25, 0.3) is 0 Å². The van der Waals surface area contributed by atoms with Gasteiger partial charge in [-0.3, -0.25) is 4.90 Å². The molecule has 2 heteroatoms. The van der Waals surface area contributed by atoms with Crippen molar-refractivity contribution >= 4 is 0 Å². The third-order valence-corrected chi connectivity index (χ3v) is 4.83. The van der Waals surface area contributed by atoms with Gasteiger partial charge in [-0.05, 0) is 37.3 Å². The number of piperazine rings is 1. The molecule has 1 heterocycles. The largest absolute Gasteiger partial charge is 0.309 e. The van der Waals surface area contributed by atoms with E-state index in [1.165, 1.54) is 32.4 Å². The fourth-order valence-electron chi connectivity index (χ4n) is 3.43. The van der Waals surface area contributed by atoms with Crippen molar-refractivity contribution in [3.05, 3.63) is 35.4 Å². The molecule has 0 aromatic heterocycles. The van der Waals surface area contributed by atoms with Crippen molar-refractivity contribution in [2.45, 2.75) is 44.7 Å². The van der Waals surface area contributed by atoms with Gasteiger partial charge < -0.3 is 5.32 Å². The van der Waals surface area contributed by atoms with E-state index in [9.17, 15) is 0 Å². The van der Waals surface area contributed by atoms with Crippen LogP contribution in [0, 0.1) is 0 Å². The van der Waals surface area contributed by atoms with Crippen LogP contribution < -0.4 is 5.32 Å². The summed E-state index contributed by atoms with van der Waals surface area (Å²) in [5, 5.41) is 3.68. The number of hydrogen-bond donors (Lipinski definition) is 1. The fourth-order valence-corrected chi connectivity index (χ4v) is 3.43. The van der Waals surface area contributed by atoms with Gasteiger partial charge in [0.1, 0.15) is 0 Å². The van der Waals surface area contributed by atoms with Crippen LogP contribution in [0.25, 0.3) is 0 Å². The number of fused-ring (bicyclic) bond motifs is 1. The smallest absolute Gasteiger partial charge is 0.0278 e. The van der Waals surface area contributed by atoms with Crippen molar-refractivity contribution in [2.75, 3.05) is 19.6 Å². The van der Waals surface area contributed by atoms with E-state index < -0.39 is 0 Å². The van der Waals surface area contributed by atoms with Crippen LogP contribution in [0.5, 0.6) is 0 Å². The van der Waals surface area contributed by atoms with Gasteiger partial charge in [-0.25, -0.2) is 0 Å². The van der Waals surface area contributed by atoms with Crippen LogP contribution in [0.3, 0.4) is 0 Å². The second-order valence-corrected chi connectivity index (χ2v) is 6.14. The molecule has 1 N–H and O–H groups in total. The van der Waals surface area contributed by atoms with Gasteiger partial charge in [-0.1, -0.05) is 31.2 Å². The van der Waals surface area contributed by atoms with E-state index in [1.54, 1.807) is 11.1 Å². The average Bonchev–Trinajstić information content (AvgIpc) is 2.83. The monoisotopic (exact) mass is 244 g/mol. The van der Waals surface area contributed by atoms with Crippen LogP contribution in [-0.2, 0) is 12.8 Å². The molecule has 1 aliphatic carbocycles. The normalized spacial score (nSPS) is 29.4. The van der Waals surface area contributed by atoms with E-state index in [0.29, 0.717) is 5.54 Å². The molecule has 0 spiro atoms. The lowest BCUT2D eigenvalue weighted by atomic mass is 9.94. The molecule has 1 aliphatic heterocycles. The summed E-state index contributed by atoms with van der Waals surface area (Å²) >= 11 is 0. The lowest BCUT2D eigenvalue weighted by molar-refractivity contribution is 0.101. The quantitative estimate of drug-likeness (QED) is 0.858. The van der Waals surface area contributed by atoms with Crippen LogP contribution in [0.4, 0.5) is 0 Å². The van der Waals surface area contributed by atoms with Crippen LogP contribution in [-0.4, -0.2) is 36.1 Å². The zero-order valence-corrected chi connectivity index (χ0v) is 11.6. The molecule has 1 unspecified atom stereocenters. The Morgan fingerprint density at radius 1 is 1.28 bits per heavy atom. The molecule has 2 aliphatic rings. The molecule has 3 rings (SSSR count). The van der Waals surface area contributed by atoms with Gasteiger partial charge in [0.15, 0.2) is 0 Å². The Morgan fingerprint density at radius 2 is 1.94 bits per heavy atom. The summed E-state index contributed by atoms with van der Waals surface area (Å²) in [6, 6.07) is 9.69. The molecule has 2 nitrogen and oxygen atoms in total. The van der Waals surface area contributed by atoms with Crippen molar-refractivity contribution in [1.82, 2.24) is 10.2 Å². The maximum atomic E-state index is 3.68. The number of nitrogens with zero attached hydrogens (tertiary/aromatic N) is 1. The Hall–Kier alpha value is -0.860. The second kappa shape index (κ2) is 4.67. The Morgan fingerprint density at radius 3 is 2.56 bits per heavy atom. The lowest BCUT2D eigenvalue weighted by Crippen LogP contribution is -2.60. The summed E-state index contributed by atoms with van der Waals surface area (Å²) in [6.45, 7) is 8.19. The fraction of sp³-hybridized carbons (Fsp3) is 0.625. The van der Waals surface area contributed by atoms with E-state index in [2.05, 4.69) is 48.3 Å². The first-order valence-corrected chi connectivity index (χ1v) is 7.26. The highest BCUT2D eigenvalue weighted by Gasteiger charge is 2.34. The topological polar surface area (TPSA) is 15.3 Å². The summed E-state index contributed by atoms with van der Waals surface area (Å²) in [7, 11) is 0. The second-order valence-electron chi connectivity index (χ2n) is 6.14. The highest BCUT2D eigenvalue weighted by molar-refractivity contribution is 5.33. The van der Waals surface area contributed by atoms with Crippen LogP contribution in [0.2, 0.25) is 0 Å². The molecule has 1 saturated heterocycles. The number of benzene rings is 1. The molecule has 0 saturated carbocycles. The van der Waals surface area contributed by atoms with Crippen molar-refractivity contribution in [2.24, 2.45) is 0 Å². The summed E-state index contributed by atoms with van der Waals surface area (Å²) in [5.74, 6) is 0. The van der Waals surface area contributed by atoms with Crippen molar-refractivity contribution in [3.8, 4) is 0 Å². The summed E-state index contributed by atoms with van der Waals surface area (Å²) in [6.07, 6.45) is 3.70. The van der Waals surface area contributed by atoms with Gasteiger partial charge in [0, 0.05) is 31.2 Å². The molecule has 1 aromatic carbocycles. The summed E-state index contributed by atoms with van der Waals surface area (Å²) < 4.78 is 0. The van der Waals surface area contributed by atoms with Crippen molar-refractivity contribution < 1.29 is 0 Å². The first-order chi connectivity index (χ1) is 8.70. The molecule has 0 amide bonds. The first kappa shape index (κ1) is 12.2. The van der Waals surface area contributed by atoms with Crippen LogP contribution in [0.15, 0.2) is 24.3 Å². The third kappa shape index (κ3) is 2.19. The SMILES string of the molecule is CCC1(C)CN(C2Cc3ccccc3C2)CCN1. The maximum Gasteiger partial charge on any atom is 0.0278 e. The Bertz CT molecular complexity index is 404. The summed E-state index contributed by atoms with van der Waals surface area (Å²) in [5.41, 5.74) is 3.45. The first-order valence-electron chi connectivity index (χ1n) is 7.26. The van der Waals surface area contributed by atoms with E-state index in [-0.39, 0.29) is 0 Å². The minimum atomic E-state index is 0.313. The minimum Gasteiger partial charge on any atom is -0.309 e. The average molecular weight is 244 g/mol. The van der Waals surface area contributed by atoms with E-state index in [1.807, 2.05) is 0 Å².